The van der Waals surface area contributed by atoms with E-state index in [-0.39, 0.29) is 18.3 Å². The first-order valence-corrected chi connectivity index (χ1v) is 12.2. The molecule has 0 spiro atoms. The molecule has 0 amide bonds. The van der Waals surface area contributed by atoms with Crippen molar-refractivity contribution in [3.05, 3.63) is 24.3 Å². The standard InChI is InChI=1S/C21H36O5.C4H11NO3/c1-3-4-9-13-21(2,26)14-12-17-16(18(22)15-19(17)23)10-7-5-6-8-11-20(24)25;5-4(1-6,2-7)3-8/h5,7,12,14,16-19,22-23,26H,3-4,6,8-11,13,15H2,1-2H3,(H,24,25);6-8H,1-3,5H2/t16-,17?,18+,19-,21-;/m0./s1. The van der Waals surface area contributed by atoms with E-state index >= 15 is 0 Å². The number of rotatable bonds is 15. The summed E-state index contributed by atoms with van der Waals surface area (Å²) in [6.45, 7) is 2.70. The zero-order valence-electron chi connectivity index (χ0n) is 20.7. The molecule has 9 N–H and O–H groups in total. The monoisotopic (exact) mass is 489 g/mol. The van der Waals surface area contributed by atoms with Crippen molar-refractivity contribution in [2.24, 2.45) is 17.6 Å². The lowest BCUT2D eigenvalue weighted by Crippen LogP contribution is -2.50. The molecular weight excluding hydrogens is 442 g/mol. The van der Waals surface area contributed by atoms with Crippen molar-refractivity contribution in [1.29, 1.82) is 0 Å². The number of carbonyl (C=O) groups is 1. The van der Waals surface area contributed by atoms with Crippen molar-refractivity contribution >= 4 is 5.97 Å². The fourth-order valence-corrected chi connectivity index (χ4v) is 3.73. The lowest BCUT2D eigenvalue weighted by molar-refractivity contribution is -0.137. The van der Waals surface area contributed by atoms with Crippen molar-refractivity contribution in [3.63, 3.8) is 0 Å². The number of carboxylic acid groups (broad SMARTS) is 1. The maximum absolute atomic E-state index is 10.5. The molecule has 34 heavy (non-hydrogen) atoms. The van der Waals surface area contributed by atoms with Crippen molar-refractivity contribution in [2.75, 3.05) is 19.8 Å². The summed E-state index contributed by atoms with van der Waals surface area (Å²) in [4.78, 5) is 10.5. The molecule has 0 saturated heterocycles. The number of unbranched alkanes of at least 4 members (excludes halogenated alkanes) is 3. The van der Waals surface area contributed by atoms with Crippen LogP contribution in [-0.2, 0) is 4.79 Å². The lowest BCUT2D eigenvalue weighted by Gasteiger charge is -2.23. The first kappa shape index (κ1) is 32.7. The molecule has 0 radical (unpaired) electrons. The Morgan fingerprint density at radius 3 is 2.15 bits per heavy atom. The number of aliphatic hydroxyl groups excluding tert-OH is 5. The van der Waals surface area contributed by atoms with Gasteiger partial charge in [0.1, 0.15) is 0 Å². The average Bonchev–Trinajstić information content (AvgIpc) is 3.06. The van der Waals surface area contributed by atoms with Crippen LogP contribution in [0.4, 0.5) is 0 Å². The summed E-state index contributed by atoms with van der Waals surface area (Å²) in [7, 11) is 0. The fraction of sp³-hybridized carbons (Fsp3) is 0.800. The average molecular weight is 490 g/mol. The van der Waals surface area contributed by atoms with Gasteiger partial charge in [0.2, 0.25) is 0 Å². The van der Waals surface area contributed by atoms with Gasteiger partial charge in [-0.05, 0) is 38.5 Å². The van der Waals surface area contributed by atoms with Crippen LogP contribution in [0, 0.1) is 11.8 Å². The molecule has 0 aromatic rings. The van der Waals surface area contributed by atoms with Crippen LogP contribution in [0.5, 0.6) is 0 Å². The summed E-state index contributed by atoms with van der Waals surface area (Å²) in [5.74, 6) is -1.04. The van der Waals surface area contributed by atoms with Crippen molar-refractivity contribution in [3.8, 4) is 0 Å². The maximum atomic E-state index is 10.5. The molecule has 0 aromatic heterocycles. The molecule has 5 atom stereocenters. The number of aliphatic hydroxyl groups is 6. The summed E-state index contributed by atoms with van der Waals surface area (Å²) >= 11 is 0. The number of hydrogen-bond donors (Lipinski definition) is 8. The van der Waals surface area contributed by atoms with E-state index in [2.05, 4.69) is 6.92 Å². The first-order chi connectivity index (χ1) is 15.9. The van der Waals surface area contributed by atoms with Crippen molar-refractivity contribution in [1.82, 2.24) is 0 Å². The molecule has 1 aliphatic rings. The molecule has 1 fully saturated rings. The zero-order chi connectivity index (χ0) is 26.2. The van der Waals surface area contributed by atoms with Gasteiger partial charge in [-0.1, -0.05) is 50.5 Å². The van der Waals surface area contributed by atoms with Crippen LogP contribution >= 0.6 is 0 Å². The van der Waals surface area contributed by atoms with Crippen LogP contribution in [0.25, 0.3) is 0 Å². The summed E-state index contributed by atoms with van der Waals surface area (Å²) in [6.07, 6.45) is 12.7. The van der Waals surface area contributed by atoms with Gasteiger partial charge in [0.05, 0.1) is 43.2 Å². The number of nitrogens with two attached hydrogens (primary N) is 1. The highest BCUT2D eigenvalue weighted by Crippen LogP contribution is 2.37. The Bertz CT molecular complexity index is 595. The molecule has 0 aliphatic heterocycles. The van der Waals surface area contributed by atoms with E-state index in [1.165, 1.54) is 0 Å². The minimum atomic E-state index is -1.21. The summed E-state index contributed by atoms with van der Waals surface area (Å²) in [6, 6.07) is 0. The molecule has 1 unspecified atom stereocenters. The highest BCUT2D eigenvalue weighted by molar-refractivity contribution is 5.66. The van der Waals surface area contributed by atoms with Crippen LogP contribution in [0.1, 0.15) is 71.6 Å². The largest absolute Gasteiger partial charge is 0.481 e. The number of carboxylic acids is 1. The SMILES string of the molecule is CCCCC[C@](C)(O)C=CC1[C@@H](O)C[C@@H](O)[C@H]1CC=CCCCC(=O)O.NC(CO)(CO)CO. The third-order valence-electron chi connectivity index (χ3n) is 6.16. The molecule has 0 bridgehead atoms. The van der Waals surface area contributed by atoms with Gasteiger partial charge in [0.15, 0.2) is 0 Å². The van der Waals surface area contributed by atoms with Crippen LogP contribution in [-0.4, -0.2) is 84.9 Å². The van der Waals surface area contributed by atoms with Crippen molar-refractivity contribution in [2.45, 2.75) is 95.0 Å². The number of allylic oxidation sites excluding steroid dienone is 2. The van der Waals surface area contributed by atoms with Gasteiger partial charge < -0.3 is 41.5 Å². The van der Waals surface area contributed by atoms with Crippen LogP contribution < -0.4 is 5.73 Å². The Hall–Kier alpha value is -1.33. The van der Waals surface area contributed by atoms with E-state index in [4.69, 9.17) is 26.2 Å². The third kappa shape index (κ3) is 13.5. The van der Waals surface area contributed by atoms with Gasteiger partial charge in [-0.3, -0.25) is 4.79 Å². The van der Waals surface area contributed by atoms with Gasteiger partial charge in [-0.15, -0.1) is 0 Å². The minimum Gasteiger partial charge on any atom is -0.481 e. The smallest absolute Gasteiger partial charge is 0.303 e. The molecule has 9 nitrogen and oxygen atoms in total. The second-order valence-electron chi connectivity index (χ2n) is 9.61. The Morgan fingerprint density at radius 1 is 1.03 bits per heavy atom. The minimum absolute atomic E-state index is 0.0802. The Labute approximate surface area is 203 Å². The van der Waals surface area contributed by atoms with Crippen molar-refractivity contribution < 1.29 is 40.5 Å². The Balaban J connectivity index is 0.00000116. The summed E-state index contributed by atoms with van der Waals surface area (Å²) < 4.78 is 0. The third-order valence-corrected chi connectivity index (χ3v) is 6.16. The predicted octanol–water partition coefficient (Wildman–Crippen LogP) is 1.09. The molecule has 1 saturated carbocycles. The normalized spacial score (nSPS) is 24.9. The number of hydrogen-bond acceptors (Lipinski definition) is 8. The van der Waals surface area contributed by atoms with Gasteiger partial charge in [-0.25, -0.2) is 0 Å². The molecule has 0 heterocycles. The van der Waals surface area contributed by atoms with E-state index in [1.807, 2.05) is 18.2 Å². The quantitative estimate of drug-likeness (QED) is 0.123. The Kier molecular flexibility index (Phi) is 16.5. The molecule has 9 heteroatoms. The van der Waals surface area contributed by atoms with Gasteiger partial charge in [0.25, 0.3) is 0 Å². The second kappa shape index (κ2) is 17.2. The molecule has 1 rings (SSSR count). The lowest BCUT2D eigenvalue weighted by atomic mass is 9.88. The fourth-order valence-electron chi connectivity index (χ4n) is 3.73. The maximum Gasteiger partial charge on any atom is 0.303 e. The van der Waals surface area contributed by atoms with Gasteiger partial charge in [-0.2, -0.15) is 0 Å². The second-order valence-corrected chi connectivity index (χ2v) is 9.61. The highest BCUT2D eigenvalue weighted by Gasteiger charge is 2.39. The van der Waals surface area contributed by atoms with E-state index in [1.54, 1.807) is 13.0 Å². The molecular formula is C25H47NO8. The van der Waals surface area contributed by atoms with E-state index in [0.29, 0.717) is 32.1 Å². The summed E-state index contributed by atoms with van der Waals surface area (Å²) in [5, 5.41) is 64.6. The highest BCUT2D eigenvalue weighted by atomic mass is 16.4. The predicted molar refractivity (Wildman–Crippen MR) is 131 cm³/mol. The van der Waals surface area contributed by atoms with E-state index in [0.717, 1.165) is 19.3 Å². The Morgan fingerprint density at radius 2 is 1.65 bits per heavy atom. The molecule has 1 aliphatic carbocycles. The first-order valence-electron chi connectivity index (χ1n) is 12.2. The van der Waals surface area contributed by atoms with Crippen LogP contribution in [0.2, 0.25) is 0 Å². The van der Waals surface area contributed by atoms with E-state index < -0.39 is 49.1 Å². The molecule has 0 aromatic carbocycles. The van der Waals surface area contributed by atoms with E-state index in [9.17, 15) is 20.1 Å². The number of aliphatic carboxylic acids is 1. The van der Waals surface area contributed by atoms with Gasteiger partial charge >= 0.3 is 5.97 Å². The van der Waals surface area contributed by atoms with Crippen LogP contribution in [0.15, 0.2) is 24.3 Å². The summed E-state index contributed by atoms with van der Waals surface area (Å²) in [5.41, 5.74) is 3.05. The topological polar surface area (TPSA) is 185 Å². The zero-order valence-corrected chi connectivity index (χ0v) is 20.7. The van der Waals surface area contributed by atoms with Crippen LogP contribution in [0.3, 0.4) is 0 Å². The molecule has 200 valence electrons. The van der Waals surface area contributed by atoms with Gasteiger partial charge in [0, 0.05) is 18.8 Å².